The molecule has 0 aliphatic rings. The third-order valence-corrected chi connectivity index (χ3v) is 7.59. The lowest BCUT2D eigenvalue weighted by Crippen LogP contribution is -2.05. The fraction of sp³-hybridized carbons (Fsp3) is 0.861. The van der Waals surface area contributed by atoms with Gasteiger partial charge in [-0.25, -0.2) is 0 Å². The molecule has 0 radical (unpaired) electrons. The fourth-order valence-electron chi connectivity index (χ4n) is 4.99. The van der Waals surface area contributed by atoms with Crippen molar-refractivity contribution >= 4 is 5.97 Å². The molecule has 2 heteroatoms. The highest BCUT2D eigenvalue weighted by Crippen LogP contribution is 2.14. The number of carbonyl (C=O) groups is 1. The van der Waals surface area contributed by atoms with Gasteiger partial charge in [0.1, 0.15) is 0 Å². The Kier molecular flexibility index (Phi) is 33.0. The van der Waals surface area contributed by atoms with Crippen LogP contribution in [-0.2, 0) is 9.53 Å². The second kappa shape index (κ2) is 34.0. The molecular weight excluding hydrogens is 464 g/mol. The van der Waals surface area contributed by atoms with Crippen LogP contribution in [0.3, 0.4) is 0 Å². The average molecular weight is 533 g/mol. The molecule has 0 aliphatic carbocycles. The van der Waals surface area contributed by atoms with Crippen LogP contribution in [0.2, 0.25) is 0 Å². The first-order valence-electron chi connectivity index (χ1n) is 17.3. The molecule has 0 aromatic carbocycles. The summed E-state index contributed by atoms with van der Waals surface area (Å²) in [4.78, 5) is 11.9. The molecule has 0 aromatic heterocycles. The molecule has 224 valence electrons. The minimum atomic E-state index is 0.0160. The lowest BCUT2D eigenvalue weighted by atomic mass is 10.0. The van der Waals surface area contributed by atoms with E-state index >= 15 is 0 Å². The zero-order valence-corrected chi connectivity index (χ0v) is 26.1. The van der Waals surface area contributed by atoms with Crippen LogP contribution in [0, 0.1) is 0 Å². The maximum Gasteiger partial charge on any atom is 0.305 e. The van der Waals surface area contributed by atoms with Crippen molar-refractivity contribution in [2.45, 2.75) is 194 Å². The summed E-state index contributed by atoms with van der Waals surface area (Å²) in [5.41, 5.74) is 0. The summed E-state index contributed by atoms with van der Waals surface area (Å²) < 4.78 is 5.43. The van der Waals surface area contributed by atoms with Crippen LogP contribution in [-0.4, -0.2) is 12.6 Å². The molecule has 0 heterocycles. The molecule has 0 atom stereocenters. The van der Waals surface area contributed by atoms with Crippen molar-refractivity contribution in [3.8, 4) is 0 Å². The molecule has 0 spiro atoms. The Morgan fingerprint density at radius 3 is 1.32 bits per heavy atom. The van der Waals surface area contributed by atoms with Gasteiger partial charge in [-0.15, -0.1) is 0 Å². The quantitative estimate of drug-likeness (QED) is 0.0504. The normalized spacial score (nSPS) is 11.7. The van der Waals surface area contributed by atoms with Crippen LogP contribution in [0.5, 0.6) is 0 Å². The SMILES string of the molecule is CCCCC/C=C/C/C=C/CCCCCCCCOC(=O)CCCCCCCCCCCCCCCCC. The Morgan fingerprint density at radius 2 is 0.816 bits per heavy atom. The van der Waals surface area contributed by atoms with E-state index in [4.69, 9.17) is 4.74 Å². The minimum Gasteiger partial charge on any atom is -0.466 e. The zero-order chi connectivity index (χ0) is 27.6. The van der Waals surface area contributed by atoms with E-state index < -0.39 is 0 Å². The van der Waals surface area contributed by atoms with Crippen molar-refractivity contribution in [1.82, 2.24) is 0 Å². The highest BCUT2D eigenvalue weighted by Gasteiger charge is 2.02. The molecule has 0 fully saturated rings. The van der Waals surface area contributed by atoms with Crippen molar-refractivity contribution in [1.29, 1.82) is 0 Å². The molecule has 0 saturated carbocycles. The molecule has 0 N–H and O–H groups in total. The third-order valence-electron chi connectivity index (χ3n) is 7.59. The van der Waals surface area contributed by atoms with Crippen LogP contribution in [0.15, 0.2) is 24.3 Å². The number of hydrogen-bond acceptors (Lipinski definition) is 2. The van der Waals surface area contributed by atoms with Gasteiger partial charge in [0.2, 0.25) is 0 Å². The van der Waals surface area contributed by atoms with Crippen molar-refractivity contribution in [2.24, 2.45) is 0 Å². The van der Waals surface area contributed by atoms with Gasteiger partial charge < -0.3 is 4.74 Å². The van der Waals surface area contributed by atoms with Crippen LogP contribution < -0.4 is 0 Å². The van der Waals surface area contributed by atoms with Gasteiger partial charge in [-0.1, -0.05) is 167 Å². The third kappa shape index (κ3) is 33.0. The maximum absolute atomic E-state index is 11.9. The topological polar surface area (TPSA) is 26.3 Å². The maximum atomic E-state index is 11.9. The van der Waals surface area contributed by atoms with Crippen molar-refractivity contribution in [2.75, 3.05) is 6.61 Å². The van der Waals surface area contributed by atoms with Crippen LogP contribution in [0.1, 0.15) is 194 Å². The first-order chi connectivity index (χ1) is 18.8. The van der Waals surface area contributed by atoms with Crippen molar-refractivity contribution < 1.29 is 9.53 Å². The van der Waals surface area contributed by atoms with E-state index in [1.165, 1.54) is 154 Å². The Morgan fingerprint density at radius 1 is 0.447 bits per heavy atom. The lowest BCUT2D eigenvalue weighted by molar-refractivity contribution is -0.143. The smallest absolute Gasteiger partial charge is 0.305 e. The first-order valence-corrected chi connectivity index (χ1v) is 17.3. The molecule has 38 heavy (non-hydrogen) atoms. The molecule has 2 nitrogen and oxygen atoms in total. The fourth-order valence-corrected chi connectivity index (χ4v) is 4.99. The summed E-state index contributed by atoms with van der Waals surface area (Å²) in [5.74, 6) is 0.0160. The Hall–Kier alpha value is -1.05. The van der Waals surface area contributed by atoms with Crippen LogP contribution in [0.25, 0.3) is 0 Å². The number of carbonyl (C=O) groups excluding carboxylic acids is 1. The van der Waals surface area contributed by atoms with Crippen LogP contribution >= 0.6 is 0 Å². The number of allylic oxidation sites excluding steroid dienone is 4. The monoisotopic (exact) mass is 533 g/mol. The minimum absolute atomic E-state index is 0.0160. The Labute approximate surface area is 239 Å². The number of rotatable bonds is 31. The van der Waals surface area contributed by atoms with E-state index in [1.807, 2.05) is 0 Å². The molecule has 0 amide bonds. The second-order valence-corrected chi connectivity index (χ2v) is 11.5. The number of ether oxygens (including phenoxy) is 1. The molecule has 0 saturated heterocycles. The average Bonchev–Trinajstić information content (AvgIpc) is 2.92. The van der Waals surface area contributed by atoms with Gasteiger partial charge in [-0.3, -0.25) is 4.79 Å². The van der Waals surface area contributed by atoms with Crippen molar-refractivity contribution in [3.63, 3.8) is 0 Å². The predicted octanol–water partition coefficient (Wildman–Crippen LogP) is 12.6. The number of unbranched alkanes of at least 4 members (excludes halogenated alkanes) is 23. The number of esters is 1. The Bertz CT molecular complexity index is 507. The molecule has 0 rings (SSSR count). The number of hydrogen-bond donors (Lipinski definition) is 0. The summed E-state index contributed by atoms with van der Waals surface area (Å²) in [6.45, 7) is 5.16. The van der Waals surface area contributed by atoms with E-state index in [9.17, 15) is 4.79 Å². The molecule has 0 unspecified atom stereocenters. The van der Waals surface area contributed by atoms with Gasteiger partial charge in [-0.2, -0.15) is 0 Å². The highest BCUT2D eigenvalue weighted by atomic mass is 16.5. The van der Waals surface area contributed by atoms with E-state index in [2.05, 4.69) is 38.2 Å². The van der Waals surface area contributed by atoms with Crippen LogP contribution in [0.4, 0.5) is 0 Å². The van der Waals surface area contributed by atoms with E-state index in [0.717, 1.165) is 19.3 Å². The summed E-state index contributed by atoms with van der Waals surface area (Å²) in [5, 5.41) is 0. The van der Waals surface area contributed by atoms with E-state index in [-0.39, 0.29) is 5.97 Å². The summed E-state index contributed by atoms with van der Waals surface area (Å²) in [7, 11) is 0. The largest absolute Gasteiger partial charge is 0.466 e. The highest BCUT2D eigenvalue weighted by molar-refractivity contribution is 5.69. The molecular formula is C36H68O2. The summed E-state index contributed by atoms with van der Waals surface area (Å²) in [6.07, 6.45) is 45.2. The Balaban J connectivity index is 3.21. The molecule has 0 bridgehead atoms. The summed E-state index contributed by atoms with van der Waals surface area (Å²) in [6, 6.07) is 0. The standard InChI is InChI=1S/C36H68O2/c1-3-5-7-9-11-13-15-17-19-21-23-25-27-29-31-33-35-38-36(37)34-32-30-28-26-24-22-20-18-16-14-12-10-8-6-4-2/h11,13,17,19H,3-10,12,14-16,18,20-35H2,1-2H3/b13-11+,19-17+. The van der Waals surface area contributed by atoms with Gasteiger partial charge >= 0.3 is 5.97 Å². The van der Waals surface area contributed by atoms with Gasteiger partial charge in [0.25, 0.3) is 0 Å². The molecule has 0 aromatic rings. The second-order valence-electron chi connectivity index (χ2n) is 11.5. The molecule has 0 aliphatic heterocycles. The van der Waals surface area contributed by atoms with Gasteiger partial charge in [0.15, 0.2) is 0 Å². The van der Waals surface area contributed by atoms with Gasteiger partial charge in [-0.05, 0) is 44.9 Å². The lowest BCUT2D eigenvalue weighted by Gasteiger charge is -2.05. The van der Waals surface area contributed by atoms with Gasteiger partial charge in [0.05, 0.1) is 6.61 Å². The van der Waals surface area contributed by atoms with E-state index in [0.29, 0.717) is 13.0 Å². The predicted molar refractivity (Wildman–Crippen MR) is 170 cm³/mol. The van der Waals surface area contributed by atoms with Crippen molar-refractivity contribution in [3.05, 3.63) is 24.3 Å². The zero-order valence-electron chi connectivity index (χ0n) is 26.1. The summed E-state index contributed by atoms with van der Waals surface area (Å²) >= 11 is 0. The van der Waals surface area contributed by atoms with E-state index in [1.54, 1.807) is 0 Å². The van der Waals surface area contributed by atoms with Gasteiger partial charge in [0, 0.05) is 6.42 Å². The first kappa shape index (κ1) is 37.0.